The molecule has 1 fully saturated rings. The molecule has 0 saturated carbocycles. The first-order valence-corrected chi connectivity index (χ1v) is 13.1. The van der Waals surface area contributed by atoms with Crippen molar-refractivity contribution < 1.29 is 22.3 Å². The number of fused-ring (bicyclic) bond motifs is 1. The first-order valence-electron chi connectivity index (χ1n) is 11.5. The molecule has 0 radical (unpaired) electrons. The van der Waals surface area contributed by atoms with E-state index in [0.29, 0.717) is 39.6 Å². The van der Waals surface area contributed by atoms with Gasteiger partial charge in [0.05, 0.1) is 35.6 Å². The molecule has 1 saturated heterocycles. The monoisotopic (exact) mass is 509 g/mol. The number of imidazole rings is 1. The number of benzene rings is 1. The van der Waals surface area contributed by atoms with Crippen LogP contribution in [0.25, 0.3) is 22.6 Å². The summed E-state index contributed by atoms with van der Waals surface area (Å²) in [5, 5.41) is -0.0425. The number of aromatic nitrogens is 4. The van der Waals surface area contributed by atoms with Crippen LogP contribution in [0.3, 0.4) is 0 Å². The molecular weight excluding hydrogens is 485 g/mol. The lowest BCUT2D eigenvalue weighted by molar-refractivity contribution is -0.129. The molecule has 0 aliphatic carbocycles. The number of halogens is 1. The molecule has 4 heterocycles. The molecule has 1 N–H and O–H groups in total. The number of aromatic amines is 1. The molecule has 5 rings (SSSR count). The number of nitrogens with one attached hydrogen (secondary N) is 1. The van der Waals surface area contributed by atoms with Crippen molar-refractivity contribution in [2.24, 2.45) is 0 Å². The molecule has 11 heteroatoms. The Labute approximate surface area is 207 Å². The highest BCUT2D eigenvalue weighted by Crippen LogP contribution is 2.41. The lowest BCUT2D eigenvalue weighted by atomic mass is 10.0. The minimum atomic E-state index is -3.46. The maximum atomic E-state index is 14.4. The quantitative estimate of drug-likeness (QED) is 0.413. The molecule has 1 aromatic carbocycles. The van der Waals surface area contributed by atoms with Gasteiger partial charge in [-0.25, -0.2) is 22.8 Å². The Morgan fingerprint density at radius 3 is 2.72 bits per heavy atom. The van der Waals surface area contributed by atoms with Crippen molar-refractivity contribution in [2.75, 3.05) is 12.3 Å². The van der Waals surface area contributed by atoms with Gasteiger partial charge < -0.3 is 14.6 Å². The van der Waals surface area contributed by atoms with Gasteiger partial charge in [0, 0.05) is 31.2 Å². The van der Waals surface area contributed by atoms with Crippen molar-refractivity contribution in [2.45, 2.75) is 37.5 Å². The molecule has 1 aliphatic heterocycles. The van der Waals surface area contributed by atoms with E-state index in [1.807, 2.05) is 24.3 Å². The number of likely N-dealkylation sites (tertiary alicyclic amines) is 1. The molecule has 0 unspecified atom stereocenters. The van der Waals surface area contributed by atoms with E-state index in [9.17, 15) is 17.6 Å². The largest absolute Gasteiger partial charge is 0.455 e. The van der Waals surface area contributed by atoms with Gasteiger partial charge >= 0.3 is 0 Å². The fourth-order valence-corrected chi connectivity index (χ4v) is 5.13. The number of amides is 1. The van der Waals surface area contributed by atoms with Gasteiger partial charge in [-0.3, -0.25) is 9.78 Å². The number of sulfone groups is 1. The lowest BCUT2D eigenvalue weighted by Gasteiger charge is -2.25. The van der Waals surface area contributed by atoms with Crippen LogP contribution in [-0.4, -0.2) is 57.6 Å². The highest BCUT2D eigenvalue weighted by molar-refractivity contribution is 7.91. The zero-order valence-electron chi connectivity index (χ0n) is 19.7. The van der Waals surface area contributed by atoms with E-state index in [1.165, 1.54) is 30.2 Å². The van der Waals surface area contributed by atoms with E-state index in [-0.39, 0.29) is 29.7 Å². The predicted octanol–water partition coefficient (Wildman–Crippen LogP) is 4.24. The number of pyridine rings is 2. The van der Waals surface area contributed by atoms with Crippen molar-refractivity contribution in [1.82, 2.24) is 24.8 Å². The molecule has 2 atom stereocenters. The van der Waals surface area contributed by atoms with Crippen LogP contribution >= 0.6 is 0 Å². The van der Waals surface area contributed by atoms with Gasteiger partial charge in [0.15, 0.2) is 20.7 Å². The summed E-state index contributed by atoms with van der Waals surface area (Å²) in [6, 6.07) is 11.4. The third kappa shape index (κ3) is 4.53. The summed E-state index contributed by atoms with van der Waals surface area (Å²) < 4.78 is 44.8. The number of rotatable bonds is 6. The van der Waals surface area contributed by atoms with Crippen LogP contribution in [0.5, 0.6) is 11.5 Å². The Hall–Kier alpha value is -3.86. The minimum absolute atomic E-state index is 0.00473. The van der Waals surface area contributed by atoms with Crippen LogP contribution in [0.1, 0.15) is 31.9 Å². The second-order valence-corrected chi connectivity index (χ2v) is 10.8. The van der Waals surface area contributed by atoms with Crippen molar-refractivity contribution in [3.05, 3.63) is 60.4 Å². The molecule has 4 aromatic rings. The van der Waals surface area contributed by atoms with Gasteiger partial charge in [0.25, 0.3) is 0 Å². The van der Waals surface area contributed by atoms with Crippen LogP contribution in [0.4, 0.5) is 4.39 Å². The summed E-state index contributed by atoms with van der Waals surface area (Å²) in [4.78, 5) is 30.0. The Morgan fingerprint density at radius 1 is 1.22 bits per heavy atom. The molecular formula is C25H24FN5O4S. The maximum absolute atomic E-state index is 14.4. The van der Waals surface area contributed by atoms with E-state index >= 15 is 0 Å². The van der Waals surface area contributed by atoms with E-state index in [2.05, 4.69) is 19.9 Å². The molecule has 9 nitrogen and oxygen atoms in total. The first kappa shape index (κ1) is 23.9. The van der Waals surface area contributed by atoms with Crippen LogP contribution in [0.15, 0.2) is 59.9 Å². The Kier molecular flexibility index (Phi) is 6.17. The molecule has 186 valence electrons. The average molecular weight is 510 g/mol. The van der Waals surface area contributed by atoms with Crippen molar-refractivity contribution >= 4 is 26.8 Å². The number of carbonyl (C=O) groups is 1. The fraction of sp³-hybridized carbons (Fsp3) is 0.280. The number of hydrogen-bond acceptors (Lipinski definition) is 7. The van der Waals surface area contributed by atoms with E-state index < -0.39 is 22.1 Å². The minimum Gasteiger partial charge on any atom is -0.455 e. The normalized spacial score (nSPS) is 18.0. The predicted molar refractivity (Wildman–Crippen MR) is 131 cm³/mol. The SMILES string of the molecule is CCS(=O)(=O)c1ccc(Oc2cc3nc(-c4ccccn4)[nH]c3cc2[C@H]2C[C@@H](F)CN2C(C)=O)cn1. The standard InChI is InChI=1S/C25H24FN5O4S/c1-3-36(33,34)24-8-7-17(13-28-24)35-23-12-21-20(29-25(30-21)19-6-4-5-9-27-19)11-18(23)22-10-16(26)14-31(22)15(2)32/h4-9,11-13,16,22H,3,10,14H2,1-2H3,(H,29,30)/t16-,22-/m1/s1. The highest BCUT2D eigenvalue weighted by Gasteiger charge is 2.37. The van der Waals surface area contributed by atoms with Gasteiger partial charge in [-0.1, -0.05) is 13.0 Å². The summed E-state index contributed by atoms with van der Waals surface area (Å²) in [5.74, 6) is 0.935. The van der Waals surface area contributed by atoms with E-state index in [4.69, 9.17) is 4.74 Å². The molecule has 36 heavy (non-hydrogen) atoms. The van der Waals surface area contributed by atoms with Crippen LogP contribution in [-0.2, 0) is 14.6 Å². The average Bonchev–Trinajstić information content (AvgIpc) is 3.47. The molecule has 1 aliphatic rings. The van der Waals surface area contributed by atoms with Crippen LogP contribution in [0, 0.1) is 0 Å². The summed E-state index contributed by atoms with van der Waals surface area (Å²) in [7, 11) is -3.46. The molecule has 0 spiro atoms. The second-order valence-electron chi connectivity index (χ2n) is 8.57. The lowest BCUT2D eigenvalue weighted by Crippen LogP contribution is -2.29. The first-order chi connectivity index (χ1) is 17.2. The molecule has 1 amide bonds. The van der Waals surface area contributed by atoms with Crippen LogP contribution < -0.4 is 4.74 Å². The molecule has 0 bridgehead atoms. The summed E-state index contributed by atoms with van der Waals surface area (Å²) in [6.45, 7) is 2.97. The maximum Gasteiger partial charge on any atom is 0.220 e. The van der Waals surface area contributed by atoms with Gasteiger partial charge in [-0.05, 0) is 30.3 Å². The van der Waals surface area contributed by atoms with Gasteiger partial charge in [0.1, 0.15) is 23.4 Å². The zero-order valence-corrected chi connectivity index (χ0v) is 20.5. The number of hydrogen-bond donors (Lipinski definition) is 1. The number of alkyl halides is 1. The smallest absolute Gasteiger partial charge is 0.220 e. The topological polar surface area (TPSA) is 118 Å². The summed E-state index contributed by atoms with van der Waals surface area (Å²) in [6.07, 6.45) is 1.97. The van der Waals surface area contributed by atoms with Gasteiger partial charge in [0.2, 0.25) is 5.91 Å². The Morgan fingerprint density at radius 2 is 2.06 bits per heavy atom. The van der Waals surface area contributed by atoms with E-state index in [1.54, 1.807) is 19.2 Å². The molecule has 3 aromatic heterocycles. The number of ether oxygens (including phenoxy) is 1. The van der Waals surface area contributed by atoms with Crippen LogP contribution in [0.2, 0.25) is 0 Å². The van der Waals surface area contributed by atoms with E-state index in [0.717, 1.165) is 0 Å². The van der Waals surface area contributed by atoms with Gasteiger partial charge in [-0.15, -0.1) is 0 Å². The third-order valence-electron chi connectivity index (χ3n) is 6.17. The van der Waals surface area contributed by atoms with Crippen molar-refractivity contribution in [3.8, 4) is 23.0 Å². The summed E-state index contributed by atoms with van der Waals surface area (Å²) in [5.41, 5.74) is 2.55. The third-order valence-corrected chi connectivity index (χ3v) is 7.81. The fourth-order valence-electron chi connectivity index (χ4n) is 4.34. The second kappa shape index (κ2) is 9.30. The van der Waals surface area contributed by atoms with Gasteiger partial charge in [-0.2, -0.15) is 0 Å². The Balaban J connectivity index is 1.59. The zero-order chi connectivity index (χ0) is 25.4. The highest BCUT2D eigenvalue weighted by atomic mass is 32.2. The number of carbonyl (C=O) groups excluding carboxylic acids is 1. The van der Waals surface area contributed by atoms with Crippen molar-refractivity contribution in [3.63, 3.8) is 0 Å². The Bertz CT molecular complexity index is 1520. The number of nitrogens with zero attached hydrogens (tertiary/aromatic N) is 4. The number of H-pyrrole nitrogens is 1. The van der Waals surface area contributed by atoms with Crippen molar-refractivity contribution in [1.29, 1.82) is 0 Å². The summed E-state index contributed by atoms with van der Waals surface area (Å²) >= 11 is 0.